The lowest BCUT2D eigenvalue weighted by molar-refractivity contribution is 0.467. The summed E-state index contributed by atoms with van der Waals surface area (Å²) in [7, 11) is 1.50. The van der Waals surface area contributed by atoms with Crippen LogP contribution < -0.4 is 5.56 Å². The molecule has 4 nitrogen and oxygen atoms in total. The number of aryl methyl sites for hydroxylation is 1. The van der Waals surface area contributed by atoms with Gasteiger partial charge in [0, 0.05) is 17.6 Å². The van der Waals surface area contributed by atoms with Crippen LogP contribution in [0.25, 0.3) is 11.1 Å². The molecule has 1 heterocycles. The normalized spacial score (nSPS) is 10.5. The van der Waals surface area contributed by atoms with Gasteiger partial charge in [0.25, 0.3) is 5.56 Å². The van der Waals surface area contributed by atoms with Gasteiger partial charge in [0.2, 0.25) is 0 Å². The van der Waals surface area contributed by atoms with Crippen molar-refractivity contribution in [2.45, 2.75) is 0 Å². The Balaban J connectivity index is 2.77. The maximum absolute atomic E-state index is 11.9. The molecule has 0 spiro atoms. The number of hydrogen-bond acceptors (Lipinski definition) is 3. The maximum atomic E-state index is 11.9. The van der Waals surface area contributed by atoms with Crippen LogP contribution in [-0.2, 0) is 7.05 Å². The monoisotopic (exact) mass is 270 g/mol. The molecule has 2 rings (SSSR count). The first-order chi connectivity index (χ1) is 8.00. The standard InChI is InChI=1S/C11H8Cl2N2O2/c1-15-11(17)10(9(16)5-14-15)7-3-2-6(12)4-8(7)13/h2-5,16H,1H3. The number of aromatic hydroxyl groups is 1. The predicted octanol–water partition coefficient (Wildman–Crippen LogP) is 2.46. The van der Waals surface area contributed by atoms with Crippen molar-refractivity contribution in [3.63, 3.8) is 0 Å². The van der Waals surface area contributed by atoms with E-state index in [1.54, 1.807) is 12.1 Å². The zero-order valence-electron chi connectivity index (χ0n) is 8.82. The first-order valence-electron chi connectivity index (χ1n) is 4.71. The van der Waals surface area contributed by atoms with Crippen molar-refractivity contribution in [3.8, 4) is 16.9 Å². The lowest BCUT2D eigenvalue weighted by Crippen LogP contribution is -2.20. The summed E-state index contributed by atoms with van der Waals surface area (Å²) in [4.78, 5) is 11.9. The molecule has 1 aromatic carbocycles. The minimum atomic E-state index is -0.422. The maximum Gasteiger partial charge on any atom is 0.278 e. The first-order valence-corrected chi connectivity index (χ1v) is 5.47. The van der Waals surface area contributed by atoms with Gasteiger partial charge in [-0.25, -0.2) is 4.68 Å². The van der Waals surface area contributed by atoms with Crippen molar-refractivity contribution in [1.29, 1.82) is 0 Å². The summed E-state index contributed by atoms with van der Waals surface area (Å²) < 4.78 is 1.12. The number of benzene rings is 1. The predicted molar refractivity (Wildman–Crippen MR) is 66.6 cm³/mol. The second-order valence-electron chi connectivity index (χ2n) is 3.46. The zero-order chi connectivity index (χ0) is 12.6. The molecule has 0 bridgehead atoms. The van der Waals surface area contributed by atoms with Gasteiger partial charge in [0.1, 0.15) is 5.75 Å². The lowest BCUT2D eigenvalue weighted by atomic mass is 10.1. The Morgan fingerprint density at radius 2 is 2.06 bits per heavy atom. The Kier molecular flexibility index (Phi) is 3.09. The molecule has 6 heteroatoms. The molecule has 0 amide bonds. The van der Waals surface area contributed by atoms with Gasteiger partial charge < -0.3 is 5.11 Å². The molecular weight excluding hydrogens is 263 g/mol. The smallest absolute Gasteiger partial charge is 0.278 e. The molecule has 0 aliphatic rings. The third-order valence-corrected chi connectivity index (χ3v) is 2.87. The fourth-order valence-corrected chi connectivity index (χ4v) is 1.98. The van der Waals surface area contributed by atoms with Gasteiger partial charge in [-0.1, -0.05) is 29.3 Å². The number of halogens is 2. The van der Waals surface area contributed by atoms with Crippen molar-refractivity contribution < 1.29 is 5.11 Å². The summed E-state index contributed by atoms with van der Waals surface area (Å²) in [5.41, 5.74) is 0.120. The molecule has 0 aliphatic carbocycles. The largest absolute Gasteiger partial charge is 0.505 e. The highest BCUT2D eigenvalue weighted by atomic mass is 35.5. The van der Waals surface area contributed by atoms with Crippen LogP contribution in [0.4, 0.5) is 0 Å². The summed E-state index contributed by atoms with van der Waals surface area (Å²) in [5.74, 6) is -0.211. The molecule has 0 fully saturated rings. The molecule has 0 atom stereocenters. The molecule has 0 radical (unpaired) electrons. The Hall–Kier alpha value is -1.52. The lowest BCUT2D eigenvalue weighted by Gasteiger charge is -2.07. The number of nitrogens with zero attached hydrogens (tertiary/aromatic N) is 2. The van der Waals surface area contributed by atoms with Gasteiger partial charge in [-0.3, -0.25) is 4.79 Å². The van der Waals surface area contributed by atoms with E-state index in [-0.39, 0.29) is 11.3 Å². The zero-order valence-corrected chi connectivity index (χ0v) is 10.3. The highest BCUT2D eigenvalue weighted by Crippen LogP contribution is 2.32. The second-order valence-corrected chi connectivity index (χ2v) is 4.30. The first kappa shape index (κ1) is 12.0. The number of aromatic nitrogens is 2. The Morgan fingerprint density at radius 1 is 1.35 bits per heavy atom. The van der Waals surface area contributed by atoms with E-state index < -0.39 is 5.56 Å². The summed E-state index contributed by atoms with van der Waals surface area (Å²) in [6.07, 6.45) is 1.20. The summed E-state index contributed by atoms with van der Waals surface area (Å²) in [6.45, 7) is 0. The van der Waals surface area contributed by atoms with Crippen LogP contribution in [0.5, 0.6) is 5.75 Å². The Bertz CT molecular complexity index is 638. The molecule has 0 aliphatic heterocycles. The van der Waals surface area contributed by atoms with Crippen molar-refractivity contribution in [3.05, 3.63) is 44.8 Å². The SMILES string of the molecule is Cn1ncc(O)c(-c2ccc(Cl)cc2Cl)c1=O. The van der Waals surface area contributed by atoms with E-state index in [2.05, 4.69) is 5.10 Å². The van der Waals surface area contributed by atoms with E-state index in [4.69, 9.17) is 23.2 Å². The Morgan fingerprint density at radius 3 is 2.71 bits per heavy atom. The van der Waals surface area contributed by atoms with Crippen LogP contribution in [0.3, 0.4) is 0 Å². The molecule has 88 valence electrons. The minimum Gasteiger partial charge on any atom is -0.505 e. The fourth-order valence-electron chi connectivity index (χ4n) is 1.48. The molecule has 17 heavy (non-hydrogen) atoms. The van der Waals surface area contributed by atoms with Gasteiger partial charge in [-0.2, -0.15) is 5.10 Å². The molecule has 1 aromatic heterocycles. The van der Waals surface area contributed by atoms with E-state index >= 15 is 0 Å². The summed E-state index contributed by atoms with van der Waals surface area (Å²) in [5, 5.41) is 14.2. The van der Waals surface area contributed by atoms with Gasteiger partial charge in [-0.05, 0) is 12.1 Å². The fraction of sp³-hybridized carbons (Fsp3) is 0.0909. The molecule has 2 aromatic rings. The van der Waals surface area contributed by atoms with E-state index in [1.165, 1.54) is 19.3 Å². The molecule has 0 unspecified atom stereocenters. The summed E-state index contributed by atoms with van der Waals surface area (Å²) in [6, 6.07) is 4.70. The molecule has 1 N–H and O–H groups in total. The van der Waals surface area contributed by atoms with Crippen LogP contribution in [0, 0.1) is 0 Å². The second kappa shape index (κ2) is 4.39. The van der Waals surface area contributed by atoms with Crippen LogP contribution >= 0.6 is 23.2 Å². The van der Waals surface area contributed by atoms with Crippen molar-refractivity contribution >= 4 is 23.2 Å². The van der Waals surface area contributed by atoms with E-state index in [1.807, 2.05) is 0 Å². The highest BCUT2D eigenvalue weighted by Gasteiger charge is 2.14. The van der Waals surface area contributed by atoms with Crippen LogP contribution in [0.2, 0.25) is 10.0 Å². The van der Waals surface area contributed by atoms with E-state index in [9.17, 15) is 9.90 Å². The van der Waals surface area contributed by atoms with Crippen molar-refractivity contribution in [2.24, 2.45) is 7.05 Å². The molecule has 0 saturated heterocycles. The van der Waals surface area contributed by atoms with Gasteiger partial charge in [0.15, 0.2) is 0 Å². The van der Waals surface area contributed by atoms with E-state index in [0.29, 0.717) is 15.6 Å². The quantitative estimate of drug-likeness (QED) is 0.866. The van der Waals surface area contributed by atoms with Crippen LogP contribution in [0.15, 0.2) is 29.2 Å². The van der Waals surface area contributed by atoms with E-state index in [0.717, 1.165) is 4.68 Å². The van der Waals surface area contributed by atoms with Crippen LogP contribution in [0.1, 0.15) is 0 Å². The van der Waals surface area contributed by atoms with Gasteiger partial charge >= 0.3 is 0 Å². The molecular formula is C11H8Cl2N2O2. The minimum absolute atomic E-state index is 0.115. The van der Waals surface area contributed by atoms with Crippen molar-refractivity contribution in [1.82, 2.24) is 9.78 Å². The summed E-state index contributed by atoms with van der Waals surface area (Å²) >= 11 is 11.8. The number of rotatable bonds is 1. The molecule has 0 saturated carbocycles. The van der Waals surface area contributed by atoms with Crippen molar-refractivity contribution in [2.75, 3.05) is 0 Å². The van der Waals surface area contributed by atoms with Gasteiger partial charge in [0.05, 0.1) is 16.8 Å². The van der Waals surface area contributed by atoms with Crippen LogP contribution in [-0.4, -0.2) is 14.9 Å². The topological polar surface area (TPSA) is 55.1 Å². The third-order valence-electron chi connectivity index (χ3n) is 2.32. The highest BCUT2D eigenvalue weighted by molar-refractivity contribution is 6.36. The van der Waals surface area contributed by atoms with Gasteiger partial charge in [-0.15, -0.1) is 0 Å². The average Bonchev–Trinajstić information content (AvgIpc) is 2.27. The third kappa shape index (κ3) is 2.14. The number of hydrogen-bond donors (Lipinski definition) is 1. The average molecular weight is 271 g/mol. The Labute approximate surface area is 107 Å².